The topological polar surface area (TPSA) is 68.7 Å². The van der Waals surface area contributed by atoms with Gasteiger partial charge in [0.2, 0.25) is 5.91 Å². The minimum Gasteiger partial charge on any atom is -0.361 e. The number of rotatable bonds is 3. The first-order valence-corrected chi connectivity index (χ1v) is 7.40. The highest BCUT2D eigenvalue weighted by Crippen LogP contribution is 2.31. The maximum atomic E-state index is 12.8. The number of hydrogen-bond donors (Lipinski definition) is 2. The zero-order chi connectivity index (χ0) is 16.4. The second-order valence-corrected chi connectivity index (χ2v) is 6.02. The minimum absolute atomic E-state index is 0.114. The van der Waals surface area contributed by atoms with Gasteiger partial charge >= 0.3 is 0 Å². The van der Waals surface area contributed by atoms with Crippen molar-refractivity contribution in [2.24, 2.45) is 0 Å². The summed E-state index contributed by atoms with van der Waals surface area (Å²) < 4.78 is 0. The van der Waals surface area contributed by atoms with E-state index < -0.39 is 5.41 Å². The quantitative estimate of drug-likeness (QED) is 0.769. The van der Waals surface area contributed by atoms with Gasteiger partial charge in [-0.3, -0.25) is 4.79 Å². The van der Waals surface area contributed by atoms with Gasteiger partial charge in [0.25, 0.3) is 0 Å². The molecule has 1 aromatic heterocycles. The molecule has 0 unspecified atom stereocenters. The Labute approximate surface area is 134 Å². The highest BCUT2D eigenvalue weighted by atomic mass is 16.2. The lowest BCUT2D eigenvalue weighted by atomic mass is 9.83. The number of carbonyl (C=O) groups is 1. The van der Waals surface area contributed by atoms with Crippen LogP contribution in [0.4, 0.5) is 5.69 Å². The van der Waals surface area contributed by atoms with Gasteiger partial charge in [-0.05, 0) is 43.7 Å². The van der Waals surface area contributed by atoms with Crippen LogP contribution in [0.3, 0.4) is 0 Å². The molecule has 0 atom stereocenters. The van der Waals surface area contributed by atoms with Crippen LogP contribution in [0.25, 0.3) is 10.9 Å². The summed E-state index contributed by atoms with van der Waals surface area (Å²) >= 11 is 0. The fourth-order valence-corrected chi connectivity index (χ4v) is 2.66. The molecule has 0 saturated carbocycles. The van der Waals surface area contributed by atoms with E-state index in [2.05, 4.69) is 16.4 Å². The minimum atomic E-state index is -0.706. The average Bonchev–Trinajstić information content (AvgIpc) is 2.99. The molecule has 3 rings (SSSR count). The molecule has 0 aliphatic heterocycles. The number of nitrogens with one attached hydrogen (secondary N) is 2. The summed E-state index contributed by atoms with van der Waals surface area (Å²) in [7, 11) is 0. The van der Waals surface area contributed by atoms with E-state index in [0.29, 0.717) is 11.3 Å². The van der Waals surface area contributed by atoms with Gasteiger partial charge in [-0.25, -0.2) is 0 Å². The number of H-pyrrole nitrogens is 1. The van der Waals surface area contributed by atoms with Crippen LogP contribution < -0.4 is 5.32 Å². The van der Waals surface area contributed by atoms with E-state index in [1.807, 2.05) is 44.3 Å². The lowest BCUT2D eigenvalue weighted by molar-refractivity contribution is -0.120. The van der Waals surface area contributed by atoms with Crippen molar-refractivity contribution in [3.05, 3.63) is 65.9 Å². The van der Waals surface area contributed by atoms with E-state index in [4.69, 9.17) is 5.26 Å². The Morgan fingerprint density at radius 2 is 1.96 bits per heavy atom. The Morgan fingerprint density at radius 3 is 2.74 bits per heavy atom. The van der Waals surface area contributed by atoms with Crippen molar-refractivity contribution in [2.45, 2.75) is 19.3 Å². The molecule has 4 heteroatoms. The van der Waals surface area contributed by atoms with Gasteiger partial charge in [0, 0.05) is 22.8 Å². The van der Waals surface area contributed by atoms with Crippen LogP contribution >= 0.6 is 0 Å². The molecule has 4 nitrogen and oxygen atoms in total. The van der Waals surface area contributed by atoms with E-state index in [1.54, 1.807) is 24.3 Å². The van der Waals surface area contributed by atoms with Crippen LogP contribution in [0.15, 0.2) is 54.7 Å². The summed E-state index contributed by atoms with van der Waals surface area (Å²) in [5.41, 5.74) is 2.40. The van der Waals surface area contributed by atoms with E-state index >= 15 is 0 Å². The lowest BCUT2D eigenvalue weighted by Gasteiger charge is -2.23. The van der Waals surface area contributed by atoms with Crippen LogP contribution in [0.5, 0.6) is 0 Å². The van der Waals surface area contributed by atoms with Crippen LogP contribution in [0.2, 0.25) is 0 Å². The Bertz CT molecular complexity index is 916. The summed E-state index contributed by atoms with van der Waals surface area (Å²) in [5.74, 6) is -0.114. The molecular weight excluding hydrogens is 286 g/mol. The van der Waals surface area contributed by atoms with E-state index in [9.17, 15) is 4.79 Å². The van der Waals surface area contributed by atoms with Crippen molar-refractivity contribution in [1.82, 2.24) is 4.98 Å². The molecule has 0 fully saturated rings. The van der Waals surface area contributed by atoms with Gasteiger partial charge in [0.1, 0.15) is 0 Å². The number of para-hydroxylation sites is 1. The van der Waals surface area contributed by atoms with Gasteiger partial charge in [0.15, 0.2) is 0 Å². The number of aromatic amines is 1. The van der Waals surface area contributed by atoms with Crippen molar-refractivity contribution in [1.29, 1.82) is 5.26 Å². The van der Waals surface area contributed by atoms with Crippen molar-refractivity contribution in [2.75, 3.05) is 5.32 Å². The fraction of sp³-hybridized carbons (Fsp3) is 0.158. The normalized spacial score (nSPS) is 11.2. The van der Waals surface area contributed by atoms with Gasteiger partial charge in [0.05, 0.1) is 17.0 Å². The second-order valence-electron chi connectivity index (χ2n) is 6.02. The number of anilines is 1. The molecule has 0 spiro atoms. The third-order valence-corrected chi connectivity index (χ3v) is 4.08. The highest BCUT2D eigenvalue weighted by molar-refractivity contribution is 6.01. The summed E-state index contributed by atoms with van der Waals surface area (Å²) in [6.07, 6.45) is 1.88. The highest BCUT2D eigenvalue weighted by Gasteiger charge is 2.32. The number of amides is 1. The Kier molecular flexibility index (Phi) is 3.63. The third-order valence-electron chi connectivity index (χ3n) is 4.08. The standard InChI is InChI=1S/C19H17N3O/c1-19(2,16-12-21-17-9-4-3-8-15(16)17)18(23)22-14-7-5-6-13(10-14)11-20/h3-10,12,21H,1-2H3,(H,22,23). The number of hydrogen-bond acceptors (Lipinski definition) is 2. The van der Waals surface area contributed by atoms with Gasteiger partial charge in [-0.1, -0.05) is 24.3 Å². The molecular formula is C19H17N3O. The zero-order valence-electron chi connectivity index (χ0n) is 13.1. The summed E-state index contributed by atoms with van der Waals surface area (Å²) in [5, 5.41) is 12.9. The summed E-state index contributed by atoms with van der Waals surface area (Å²) in [4.78, 5) is 16.0. The fourth-order valence-electron chi connectivity index (χ4n) is 2.66. The summed E-state index contributed by atoms with van der Waals surface area (Å²) in [6, 6.07) is 16.9. The van der Waals surface area contributed by atoms with Gasteiger partial charge < -0.3 is 10.3 Å². The zero-order valence-corrected chi connectivity index (χ0v) is 13.1. The third kappa shape index (κ3) is 2.69. The first-order valence-electron chi connectivity index (χ1n) is 7.40. The van der Waals surface area contributed by atoms with Crippen molar-refractivity contribution < 1.29 is 4.79 Å². The summed E-state index contributed by atoms with van der Waals surface area (Å²) in [6.45, 7) is 3.79. The molecule has 0 aliphatic rings. The molecule has 1 heterocycles. The van der Waals surface area contributed by atoms with Crippen LogP contribution in [0.1, 0.15) is 25.0 Å². The molecule has 2 N–H and O–H groups in total. The Balaban J connectivity index is 1.92. The number of nitriles is 1. The second kappa shape index (κ2) is 5.62. The predicted molar refractivity (Wildman–Crippen MR) is 91.1 cm³/mol. The van der Waals surface area contributed by atoms with E-state index in [1.165, 1.54) is 0 Å². The number of carbonyl (C=O) groups excluding carboxylic acids is 1. The smallest absolute Gasteiger partial charge is 0.234 e. The van der Waals surface area contributed by atoms with E-state index in [-0.39, 0.29) is 5.91 Å². The number of benzene rings is 2. The number of nitrogens with zero attached hydrogens (tertiary/aromatic N) is 1. The SMILES string of the molecule is CC(C)(C(=O)Nc1cccc(C#N)c1)c1c[nH]c2ccccc12. The maximum absolute atomic E-state index is 12.8. The number of aromatic nitrogens is 1. The monoisotopic (exact) mass is 303 g/mol. The van der Waals surface area contributed by atoms with Gasteiger partial charge in [-0.15, -0.1) is 0 Å². The molecule has 1 amide bonds. The van der Waals surface area contributed by atoms with Crippen molar-refractivity contribution in [3.63, 3.8) is 0 Å². The molecule has 114 valence electrons. The first kappa shape index (κ1) is 14.9. The molecule has 0 radical (unpaired) electrons. The van der Waals surface area contributed by atoms with Gasteiger partial charge in [-0.2, -0.15) is 5.26 Å². The average molecular weight is 303 g/mol. The largest absolute Gasteiger partial charge is 0.361 e. The molecule has 0 saturated heterocycles. The molecule has 0 aliphatic carbocycles. The van der Waals surface area contributed by atoms with Crippen LogP contribution in [-0.4, -0.2) is 10.9 Å². The Morgan fingerprint density at radius 1 is 1.17 bits per heavy atom. The van der Waals surface area contributed by atoms with Crippen LogP contribution in [-0.2, 0) is 10.2 Å². The van der Waals surface area contributed by atoms with Crippen molar-refractivity contribution >= 4 is 22.5 Å². The molecule has 23 heavy (non-hydrogen) atoms. The van der Waals surface area contributed by atoms with Crippen molar-refractivity contribution in [3.8, 4) is 6.07 Å². The van der Waals surface area contributed by atoms with Crippen LogP contribution in [0, 0.1) is 11.3 Å². The predicted octanol–water partition coefficient (Wildman–Crippen LogP) is 3.96. The Hall–Kier alpha value is -3.06. The molecule has 0 bridgehead atoms. The lowest BCUT2D eigenvalue weighted by Crippen LogP contribution is -2.34. The first-order chi connectivity index (χ1) is 11.0. The maximum Gasteiger partial charge on any atom is 0.234 e. The van der Waals surface area contributed by atoms with E-state index in [0.717, 1.165) is 16.5 Å². The molecule has 3 aromatic rings. The molecule has 2 aromatic carbocycles. The number of fused-ring (bicyclic) bond motifs is 1.